The minimum Gasteiger partial charge on any atom is -0.497 e. The van der Waals surface area contributed by atoms with E-state index in [1.807, 2.05) is 0 Å². The van der Waals surface area contributed by atoms with Crippen LogP contribution in [0.1, 0.15) is 18.7 Å². The molecule has 1 aliphatic rings. The molecular weight excluding hydrogens is 463 g/mol. The molecule has 9 nitrogen and oxygen atoms in total. The average molecular weight is 489 g/mol. The number of aromatic nitrogens is 2. The van der Waals surface area contributed by atoms with Gasteiger partial charge in [0.2, 0.25) is 27.6 Å². The molecule has 1 amide bonds. The molecule has 0 N–H and O–H groups in total. The van der Waals surface area contributed by atoms with Crippen LogP contribution in [0, 0.1) is 11.7 Å². The minimum absolute atomic E-state index is 0.00674. The maximum atomic E-state index is 13.2. The van der Waals surface area contributed by atoms with Gasteiger partial charge in [-0.15, -0.1) is 0 Å². The molecule has 0 radical (unpaired) electrons. The molecule has 3 aromatic rings. The number of amides is 1. The Kier molecular flexibility index (Phi) is 6.94. The average Bonchev–Trinajstić information content (AvgIpc) is 3.32. The fourth-order valence-electron chi connectivity index (χ4n) is 3.89. The first-order valence-electron chi connectivity index (χ1n) is 10.8. The normalized spacial score (nSPS) is 16.9. The van der Waals surface area contributed by atoms with Crippen LogP contribution in [-0.4, -0.2) is 60.9 Å². The summed E-state index contributed by atoms with van der Waals surface area (Å²) in [6.07, 6.45) is 1.12. The van der Waals surface area contributed by atoms with E-state index in [-0.39, 0.29) is 29.8 Å². The number of nitrogens with zero attached hydrogens (tertiary/aromatic N) is 4. The van der Waals surface area contributed by atoms with E-state index in [4.69, 9.17) is 9.26 Å². The maximum absolute atomic E-state index is 13.2. The summed E-state index contributed by atoms with van der Waals surface area (Å²) in [6, 6.07) is 11.9. The van der Waals surface area contributed by atoms with E-state index in [9.17, 15) is 17.6 Å². The molecule has 2 aromatic carbocycles. The van der Waals surface area contributed by atoms with E-state index in [1.54, 1.807) is 38.4 Å². The zero-order valence-corrected chi connectivity index (χ0v) is 19.7. The number of halogens is 1. The smallest absolute Gasteiger partial charge is 0.246 e. The van der Waals surface area contributed by atoms with Crippen LogP contribution in [0.3, 0.4) is 0 Å². The first-order chi connectivity index (χ1) is 16.3. The maximum Gasteiger partial charge on any atom is 0.246 e. The number of hydrogen-bond acceptors (Lipinski definition) is 7. The van der Waals surface area contributed by atoms with Crippen LogP contribution in [-0.2, 0) is 21.4 Å². The van der Waals surface area contributed by atoms with Crippen molar-refractivity contribution >= 4 is 15.9 Å². The Morgan fingerprint density at radius 2 is 1.91 bits per heavy atom. The SMILES string of the molecule is COc1ccc(-c2noc(CN(C)C(=O)[C@H]3CCCN(S(=O)(=O)c4ccc(F)cc4)C3)n2)cc1. The third kappa shape index (κ3) is 5.10. The Balaban J connectivity index is 1.40. The molecule has 0 spiro atoms. The molecule has 1 aromatic heterocycles. The zero-order valence-electron chi connectivity index (χ0n) is 18.8. The number of benzene rings is 2. The molecule has 0 bridgehead atoms. The van der Waals surface area contributed by atoms with E-state index < -0.39 is 21.8 Å². The molecule has 1 aliphatic heterocycles. The van der Waals surface area contributed by atoms with Crippen LogP contribution in [0.2, 0.25) is 0 Å². The lowest BCUT2D eigenvalue weighted by atomic mass is 9.98. The van der Waals surface area contributed by atoms with Crippen LogP contribution in [0.25, 0.3) is 11.4 Å². The first-order valence-corrected chi connectivity index (χ1v) is 12.2. The van der Waals surface area contributed by atoms with Gasteiger partial charge >= 0.3 is 0 Å². The van der Waals surface area contributed by atoms with Gasteiger partial charge in [-0.1, -0.05) is 5.16 Å². The molecule has 0 aliphatic carbocycles. The van der Waals surface area contributed by atoms with Crippen LogP contribution < -0.4 is 4.74 Å². The van der Waals surface area contributed by atoms with Crippen molar-refractivity contribution in [1.29, 1.82) is 0 Å². The van der Waals surface area contributed by atoms with Crippen molar-refractivity contribution in [2.45, 2.75) is 24.3 Å². The second-order valence-corrected chi connectivity index (χ2v) is 10.0. The third-order valence-electron chi connectivity index (χ3n) is 5.75. The third-order valence-corrected chi connectivity index (χ3v) is 7.63. The number of rotatable bonds is 7. The number of carbonyl (C=O) groups excluding carboxylic acids is 1. The van der Waals surface area contributed by atoms with Crippen LogP contribution in [0.5, 0.6) is 5.75 Å². The van der Waals surface area contributed by atoms with Gasteiger partial charge in [-0.2, -0.15) is 9.29 Å². The topological polar surface area (TPSA) is 106 Å². The summed E-state index contributed by atoms with van der Waals surface area (Å²) in [7, 11) is -0.617. The van der Waals surface area contributed by atoms with E-state index in [0.717, 1.165) is 17.7 Å². The van der Waals surface area contributed by atoms with Gasteiger partial charge in [-0.25, -0.2) is 12.8 Å². The lowest BCUT2D eigenvalue weighted by Crippen LogP contribution is -2.45. The predicted octanol–water partition coefficient (Wildman–Crippen LogP) is 2.94. The molecule has 1 atom stereocenters. The molecule has 4 rings (SSSR count). The van der Waals surface area contributed by atoms with Crippen LogP contribution in [0.15, 0.2) is 57.9 Å². The summed E-state index contributed by atoms with van der Waals surface area (Å²) in [5, 5.41) is 3.97. The molecular formula is C23H25FN4O5S. The number of methoxy groups -OCH3 is 1. The van der Waals surface area contributed by atoms with Crippen molar-refractivity contribution < 1.29 is 26.9 Å². The summed E-state index contributed by atoms with van der Waals surface area (Å²) in [5.41, 5.74) is 0.749. The number of piperidine rings is 1. The van der Waals surface area contributed by atoms with Gasteiger partial charge in [-0.05, 0) is 61.4 Å². The predicted molar refractivity (Wildman–Crippen MR) is 121 cm³/mol. The summed E-state index contributed by atoms with van der Waals surface area (Å²) >= 11 is 0. The van der Waals surface area contributed by atoms with Crippen molar-refractivity contribution in [3.63, 3.8) is 0 Å². The van der Waals surface area contributed by atoms with Crippen molar-refractivity contribution in [3.05, 3.63) is 60.2 Å². The highest BCUT2D eigenvalue weighted by Gasteiger charge is 2.34. The fourth-order valence-corrected chi connectivity index (χ4v) is 5.41. The largest absolute Gasteiger partial charge is 0.497 e. The second kappa shape index (κ2) is 9.90. The van der Waals surface area contributed by atoms with Gasteiger partial charge in [0.05, 0.1) is 24.5 Å². The number of ether oxygens (including phenoxy) is 1. The highest BCUT2D eigenvalue weighted by molar-refractivity contribution is 7.89. The van der Waals surface area contributed by atoms with Crippen molar-refractivity contribution in [1.82, 2.24) is 19.3 Å². The molecule has 1 fully saturated rings. The van der Waals surface area contributed by atoms with Gasteiger partial charge < -0.3 is 14.2 Å². The summed E-state index contributed by atoms with van der Waals surface area (Å²) in [6.45, 7) is 0.467. The Hall–Kier alpha value is -3.31. The van der Waals surface area contributed by atoms with Gasteiger partial charge in [-0.3, -0.25) is 4.79 Å². The lowest BCUT2D eigenvalue weighted by Gasteiger charge is -2.33. The fraction of sp³-hybridized carbons (Fsp3) is 0.348. The van der Waals surface area contributed by atoms with Gasteiger partial charge in [0.15, 0.2) is 0 Å². The van der Waals surface area contributed by atoms with E-state index >= 15 is 0 Å². The second-order valence-electron chi connectivity index (χ2n) is 8.09. The Bertz CT molecular complexity index is 1250. The Labute approximate surface area is 197 Å². The van der Waals surface area contributed by atoms with E-state index in [1.165, 1.54) is 21.3 Å². The van der Waals surface area contributed by atoms with Gasteiger partial charge in [0.1, 0.15) is 11.6 Å². The minimum atomic E-state index is -3.82. The van der Waals surface area contributed by atoms with Gasteiger partial charge in [0.25, 0.3) is 0 Å². The molecule has 34 heavy (non-hydrogen) atoms. The highest BCUT2D eigenvalue weighted by Crippen LogP contribution is 2.26. The van der Waals surface area contributed by atoms with E-state index in [2.05, 4.69) is 10.1 Å². The highest BCUT2D eigenvalue weighted by atomic mass is 32.2. The Morgan fingerprint density at radius 1 is 1.21 bits per heavy atom. The number of sulfonamides is 1. The quantitative estimate of drug-likeness (QED) is 0.503. The van der Waals surface area contributed by atoms with Crippen molar-refractivity contribution in [2.75, 3.05) is 27.2 Å². The molecule has 180 valence electrons. The summed E-state index contributed by atoms with van der Waals surface area (Å²) in [4.78, 5) is 18.9. The standard InChI is InChI=1S/C23H25FN4O5S/c1-27(15-21-25-22(26-33-21)16-5-9-19(32-2)10-6-16)23(29)17-4-3-13-28(14-17)34(30,31)20-11-7-18(24)8-12-20/h5-12,17H,3-4,13-15H2,1-2H3/t17-/m0/s1. The Morgan fingerprint density at radius 3 is 2.59 bits per heavy atom. The number of carbonyl (C=O) groups is 1. The summed E-state index contributed by atoms with van der Waals surface area (Å²) < 4.78 is 50.8. The molecule has 0 saturated carbocycles. The lowest BCUT2D eigenvalue weighted by molar-refractivity contribution is -0.136. The van der Waals surface area contributed by atoms with Crippen molar-refractivity contribution in [3.8, 4) is 17.1 Å². The number of hydrogen-bond donors (Lipinski definition) is 0. The van der Waals surface area contributed by atoms with Crippen LogP contribution >= 0.6 is 0 Å². The monoisotopic (exact) mass is 488 g/mol. The molecule has 1 saturated heterocycles. The first kappa shape index (κ1) is 23.8. The zero-order chi connectivity index (χ0) is 24.3. The van der Waals surface area contributed by atoms with Crippen molar-refractivity contribution in [2.24, 2.45) is 5.92 Å². The molecule has 0 unspecified atom stereocenters. The van der Waals surface area contributed by atoms with Crippen LogP contribution in [0.4, 0.5) is 4.39 Å². The summed E-state index contributed by atoms with van der Waals surface area (Å²) in [5.74, 6) is 0.159. The van der Waals surface area contributed by atoms with Gasteiger partial charge in [0, 0.05) is 25.7 Å². The molecule has 2 heterocycles. The molecule has 11 heteroatoms. The van der Waals surface area contributed by atoms with E-state index in [0.29, 0.717) is 31.0 Å².